The second-order valence-electron chi connectivity index (χ2n) is 5.01. The van der Waals surface area contributed by atoms with Crippen molar-refractivity contribution >= 4 is 5.97 Å². The average Bonchev–Trinajstić information content (AvgIpc) is 2.54. The molecule has 0 bridgehead atoms. The molecule has 5 nitrogen and oxygen atoms in total. The summed E-state index contributed by atoms with van der Waals surface area (Å²) in [6.45, 7) is 5.54. The summed E-state index contributed by atoms with van der Waals surface area (Å²) < 4.78 is 16.3. The van der Waals surface area contributed by atoms with Crippen LogP contribution in [0.2, 0.25) is 0 Å². The summed E-state index contributed by atoms with van der Waals surface area (Å²) >= 11 is 0. The van der Waals surface area contributed by atoms with Crippen molar-refractivity contribution in [2.24, 2.45) is 0 Å². The molecule has 1 aromatic rings. The molecule has 1 atom stereocenters. The van der Waals surface area contributed by atoms with E-state index in [2.05, 4.69) is 4.90 Å². The van der Waals surface area contributed by atoms with E-state index in [0.29, 0.717) is 26.4 Å². The molecule has 1 aliphatic heterocycles. The fourth-order valence-corrected chi connectivity index (χ4v) is 2.57. The molecule has 1 aliphatic rings. The van der Waals surface area contributed by atoms with Crippen molar-refractivity contribution in [2.45, 2.75) is 12.5 Å². The number of esters is 1. The minimum Gasteiger partial charge on any atom is -0.464 e. The summed E-state index contributed by atoms with van der Waals surface area (Å²) in [5, 5.41) is 0. The van der Waals surface area contributed by atoms with Gasteiger partial charge in [0.2, 0.25) is 5.60 Å². The molecule has 21 heavy (non-hydrogen) atoms. The normalized spacial score (nSPS) is 19.0. The number of nitrogens with zero attached hydrogens (tertiary/aromatic N) is 1. The van der Waals surface area contributed by atoms with Gasteiger partial charge < -0.3 is 14.2 Å². The van der Waals surface area contributed by atoms with Gasteiger partial charge in [0.25, 0.3) is 0 Å². The van der Waals surface area contributed by atoms with Gasteiger partial charge in [0.1, 0.15) is 0 Å². The van der Waals surface area contributed by atoms with Gasteiger partial charge in [-0.2, -0.15) is 0 Å². The summed E-state index contributed by atoms with van der Waals surface area (Å²) in [6.07, 6.45) is 0. The second-order valence-corrected chi connectivity index (χ2v) is 5.01. The first-order valence-electron chi connectivity index (χ1n) is 7.31. The van der Waals surface area contributed by atoms with E-state index in [1.54, 1.807) is 14.0 Å². The van der Waals surface area contributed by atoms with E-state index in [0.717, 1.165) is 18.7 Å². The van der Waals surface area contributed by atoms with E-state index in [1.165, 1.54) is 0 Å². The van der Waals surface area contributed by atoms with E-state index in [9.17, 15) is 4.79 Å². The first-order chi connectivity index (χ1) is 10.2. The van der Waals surface area contributed by atoms with Gasteiger partial charge in [0.15, 0.2) is 0 Å². The lowest BCUT2D eigenvalue weighted by atomic mass is 9.92. The molecule has 1 aromatic carbocycles. The topological polar surface area (TPSA) is 48.0 Å². The van der Waals surface area contributed by atoms with Crippen LogP contribution in [0.25, 0.3) is 0 Å². The number of benzene rings is 1. The summed E-state index contributed by atoms with van der Waals surface area (Å²) in [6, 6.07) is 9.54. The molecule has 0 saturated carbocycles. The van der Waals surface area contributed by atoms with Crippen LogP contribution >= 0.6 is 0 Å². The highest BCUT2D eigenvalue weighted by atomic mass is 16.6. The third-order valence-corrected chi connectivity index (χ3v) is 3.74. The molecule has 0 aliphatic carbocycles. The summed E-state index contributed by atoms with van der Waals surface area (Å²) in [7, 11) is 1.56. The standard InChI is InChI=1S/C16H23NO4/c1-3-21-15(18)16(19-2,14-7-5-4-6-8-14)13-17-9-11-20-12-10-17/h4-8H,3,9-13H2,1-2H3/t16-/m0/s1. The van der Waals surface area contributed by atoms with Crippen molar-refractivity contribution in [3.8, 4) is 0 Å². The highest BCUT2D eigenvalue weighted by molar-refractivity contribution is 5.81. The minimum absolute atomic E-state index is 0.333. The van der Waals surface area contributed by atoms with Crippen molar-refractivity contribution in [3.63, 3.8) is 0 Å². The predicted octanol–water partition coefficient (Wildman–Crippen LogP) is 1.42. The second kappa shape index (κ2) is 7.54. The van der Waals surface area contributed by atoms with Crippen LogP contribution in [0.1, 0.15) is 12.5 Å². The maximum absolute atomic E-state index is 12.6. The highest BCUT2D eigenvalue weighted by Crippen LogP contribution is 2.28. The van der Waals surface area contributed by atoms with Crippen LogP contribution in [0.3, 0.4) is 0 Å². The van der Waals surface area contributed by atoms with Crippen LogP contribution in [0.15, 0.2) is 30.3 Å². The number of morpholine rings is 1. The maximum Gasteiger partial charge on any atom is 0.344 e. The van der Waals surface area contributed by atoms with E-state index in [4.69, 9.17) is 14.2 Å². The molecule has 1 saturated heterocycles. The molecular weight excluding hydrogens is 270 g/mol. The van der Waals surface area contributed by atoms with Gasteiger partial charge in [-0.05, 0) is 12.5 Å². The lowest BCUT2D eigenvalue weighted by Crippen LogP contribution is -2.51. The Morgan fingerprint density at radius 1 is 1.29 bits per heavy atom. The Hall–Kier alpha value is -1.43. The molecule has 0 amide bonds. The van der Waals surface area contributed by atoms with Crippen molar-refractivity contribution in [2.75, 3.05) is 46.6 Å². The zero-order chi connectivity index (χ0) is 15.1. The van der Waals surface area contributed by atoms with Gasteiger partial charge in [-0.1, -0.05) is 30.3 Å². The summed E-state index contributed by atoms with van der Waals surface area (Å²) in [4.78, 5) is 14.7. The molecule has 1 heterocycles. The Morgan fingerprint density at radius 3 is 2.52 bits per heavy atom. The minimum atomic E-state index is -1.09. The van der Waals surface area contributed by atoms with Crippen LogP contribution in [0.5, 0.6) is 0 Å². The molecule has 0 N–H and O–H groups in total. The molecule has 5 heteroatoms. The molecule has 0 spiro atoms. The number of methoxy groups -OCH3 is 1. The average molecular weight is 293 g/mol. The number of ether oxygens (including phenoxy) is 3. The summed E-state index contributed by atoms with van der Waals surface area (Å²) in [5.41, 5.74) is -0.272. The zero-order valence-corrected chi connectivity index (χ0v) is 12.7. The lowest BCUT2D eigenvalue weighted by Gasteiger charge is -2.37. The molecular formula is C16H23NO4. The Balaban J connectivity index is 2.29. The van der Waals surface area contributed by atoms with Gasteiger partial charge in [0, 0.05) is 26.7 Å². The first kappa shape index (κ1) is 15.9. The SMILES string of the molecule is CCOC(=O)[C@@](CN1CCOCC1)(OC)c1ccccc1. The third kappa shape index (κ3) is 3.61. The Kier molecular flexibility index (Phi) is 5.73. The van der Waals surface area contributed by atoms with Crippen LogP contribution in [0.4, 0.5) is 0 Å². The highest BCUT2D eigenvalue weighted by Gasteiger charge is 2.43. The van der Waals surface area contributed by atoms with Crippen LogP contribution in [-0.4, -0.2) is 57.4 Å². The zero-order valence-electron chi connectivity index (χ0n) is 12.7. The van der Waals surface area contributed by atoms with Gasteiger partial charge in [-0.3, -0.25) is 4.90 Å². The van der Waals surface area contributed by atoms with Crippen molar-refractivity contribution in [1.29, 1.82) is 0 Å². The Morgan fingerprint density at radius 2 is 1.95 bits per heavy atom. The third-order valence-electron chi connectivity index (χ3n) is 3.74. The number of carbonyl (C=O) groups is 1. The molecule has 1 fully saturated rings. The summed E-state index contributed by atoms with van der Waals surface area (Å²) in [5.74, 6) is -0.342. The fraction of sp³-hybridized carbons (Fsp3) is 0.562. The van der Waals surface area contributed by atoms with Gasteiger partial charge in [-0.25, -0.2) is 4.79 Å². The van der Waals surface area contributed by atoms with E-state index in [1.807, 2.05) is 30.3 Å². The largest absolute Gasteiger partial charge is 0.464 e. The van der Waals surface area contributed by atoms with Gasteiger partial charge >= 0.3 is 5.97 Å². The van der Waals surface area contributed by atoms with Crippen LogP contribution < -0.4 is 0 Å². The van der Waals surface area contributed by atoms with Crippen LogP contribution in [0, 0.1) is 0 Å². The number of hydrogen-bond donors (Lipinski definition) is 0. The lowest BCUT2D eigenvalue weighted by molar-refractivity contribution is -0.174. The smallest absolute Gasteiger partial charge is 0.344 e. The molecule has 116 valence electrons. The quantitative estimate of drug-likeness (QED) is 0.743. The Bertz CT molecular complexity index is 445. The van der Waals surface area contributed by atoms with E-state index in [-0.39, 0.29) is 5.97 Å². The number of carbonyl (C=O) groups excluding carboxylic acids is 1. The van der Waals surface area contributed by atoms with Crippen molar-refractivity contribution in [1.82, 2.24) is 4.90 Å². The maximum atomic E-state index is 12.6. The van der Waals surface area contributed by atoms with E-state index < -0.39 is 5.60 Å². The molecule has 0 aromatic heterocycles. The number of rotatable bonds is 6. The molecule has 0 unspecified atom stereocenters. The van der Waals surface area contributed by atoms with Crippen molar-refractivity contribution < 1.29 is 19.0 Å². The van der Waals surface area contributed by atoms with Gasteiger partial charge in [-0.15, -0.1) is 0 Å². The monoisotopic (exact) mass is 293 g/mol. The van der Waals surface area contributed by atoms with Crippen LogP contribution in [-0.2, 0) is 24.6 Å². The fourth-order valence-electron chi connectivity index (χ4n) is 2.57. The molecule has 0 radical (unpaired) electrons. The van der Waals surface area contributed by atoms with E-state index >= 15 is 0 Å². The first-order valence-corrected chi connectivity index (χ1v) is 7.31. The molecule has 2 rings (SSSR count). The Labute approximate surface area is 125 Å². The van der Waals surface area contributed by atoms with Crippen molar-refractivity contribution in [3.05, 3.63) is 35.9 Å². The number of hydrogen-bond acceptors (Lipinski definition) is 5. The van der Waals surface area contributed by atoms with Gasteiger partial charge in [0.05, 0.1) is 19.8 Å². The predicted molar refractivity (Wildman–Crippen MR) is 79.0 cm³/mol.